The minimum absolute atomic E-state index is 0.561. The van der Waals surface area contributed by atoms with Gasteiger partial charge in [0.2, 0.25) is 0 Å². The van der Waals surface area contributed by atoms with Crippen molar-refractivity contribution in [1.82, 2.24) is 5.32 Å². The van der Waals surface area contributed by atoms with E-state index in [1.807, 2.05) is 0 Å². The molecular weight excluding hydrogens is 186 g/mol. The van der Waals surface area contributed by atoms with Crippen LogP contribution in [0, 0.1) is 11.3 Å². The second kappa shape index (κ2) is 6.49. The average Bonchev–Trinajstić information content (AvgIpc) is 2.19. The number of methoxy groups -OCH3 is 1. The van der Waals surface area contributed by atoms with E-state index in [0.29, 0.717) is 11.3 Å². The SMILES string of the molecule is COCC(C)CNCC1(C)CCCCC1. The summed E-state index contributed by atoms with van der Waals surface area (Å²) in [7, 11) is 1.78. The van der Waals surface area contributed by atoms with Crippen molar-refractivity contribution in [1.29, 1.82) is 0 Å². The van der Waals surface area contributed by atoms with Crippen molar-refractivity contribution in [2.24, 2.45) is 11.3 Å². The Kier molecular flexibility index (Phi) is 5.62. The monoisotopic (exact) mass is 213 g/mol. The number of hydrogen-bond donors (Lipinski definition) is 1. The summed E-state index contributed by atoms with van der Waals surface area (Å²) < 4.78 is 5.13. The van der Waals surface area contributed by atoms with Crippen molar-refractivity contribution in [2.45, 2.75) is 46.0 Å². The molecule has 0 spiro atoms. The number of ether oxygens (including phenoxy) is 1. The molecule has 1 saturated carbocycles. The standard InChI is InChI=1S/C13H27NO/c1-12(10-15-3)9-14-11-13(2)7-5-4-6-8-13/h12,14H,4-11H2,1-3H3. The van der Waals surface area contributed by atoms with E-state index in [1.165, 1.54) is 38.6 Å². The molecule has 0 aromatic carbocycles. The van der Waals surface area contributed by atoms with Gasteiger partial charge in [0.15, 0.2) is 0 Å². The predicted molar refractivity (Wildman–Crippen MR) is 65.1 cm³/mol. The molecule has 0 saturated heterocycles. The van der Waals surface area contributed by atoms with E-state index in [1.54, 1.807) is 7.11 Å². The normalized spacial score (nSPS) is 22.6. The minimum atomic E-state index is 0.561. The Balaban J connectivity index is 2.12. The molecule has 2 nitrogen and oxygen atoms in total. The van der Waals surface area contributed by atoms with Crippen LogP contribution in [0.5, 0.6) is 0 Å². The lowest BCUT2D eigenvalue weighted by atomic mass is 9.76. The first kappa shape index (κ1) is 13.0. The van der Waals surface area contributed by atoms with E-state index in [2.05, 4.69) is 19.2 Å². The van der Waals surface area contributed by atoms with Crippen LogP contribution < -0.4 is 5.32 Å². The van der Waals surface area contributed by atoms with Gasteiger partial charge in [0.05, 0.1) is 0 Å². The van der Waals surface area contributed by atoms with Crippen LogP contribution in [0.1, 0.15) is 46.0 Å². The van der Waals surface area contributed by atoms with Crippen LogP contribution in [0.4, 0.5) is 0 Å². The number of hydrogen-bond acceptors (Lipinski definition) is 2. The summed E-state index contributed by atoms with van der Waals surface area (Å²) in [5.41, 5.74) is 0.561. The largest absolute Gasteiger partial charge is 0.384 e. The molecule has 1 rings (SSSR count). The highest BCUT2D eigenvalue weighted by molar-refractivity contribution is 4.80. The highest BCUT2D eigenvalue weighted by Crippen LogP contribution is 2.34. The highest BCUT2D eigenvalue weighted by Gasteiger charge is 2.26. The molecule has 1 atom stereocenters. The van der Waals surface area contributed by atoms with Gasteiger partial charge in [-0.15, -0.1) is 0 Å². The second-order valence-corrected chi connectivity index (χ2v) is 5.56. The van der Waals surface area contributed by atoms with Gasteiger partial charge >= 0.3 is 0 Å². The van der Waals surface area contributed by atoms with Crippen LogP contribution in [-0.4, -0.2) is 26.8 Å². The van der Waals surface area contributed by atoms with Gasteiger partial charge in [-0.05, 0) is 30.7 Å². The molecule has 0 heterocycles. The third kappa shape index (κ3) is 4.98. The lowest BCUT2D eigenvalue weighted by Gasteiger charge is -2.34. The fraction of sp³-hybridized carbons (Fsp3) is 1.00. The van der Waals surface area contributed by atoms with Gasteiger partial charge in [-0.25, -0.2) is 0 Å². The summed E-state index contributed by atoms with van der Waals surface area (Å²) >= 11 is 0. The summed E-state index contributed by atoms with van der Waals surface area (Å²) in [6, 6.07) is 0. The van der Waals surface area contributed by atoms with Crippen molar-refractivity contribution >= 4 is 0 Å². The zero-order valence-electron chi connectivity index (χ0n) is 10.6. The summed E-state index contributed by atoms with van der Waals surface area (Å²) in [6.07, 6.45) is 7.09. The molecule has 0 aromatic heterocycles. The van der Waals surface area contributed by atoms with Gasteiger partial charge in [-0.1, -0.05) is 33.1 Å². The summed E-state index contributed by atoms with van der Waals surface area (Å²) in [5.74, 6) is 0.627. The maximum atomic E-state index is 5.13. The van der Waals surface area contributed by atoms with E-state index in [9.17, 15) is 0 Å². The third-order valence-corrected chi connectivity index (χ3v) is 3.56. The van der Waals surface area contributed by atoms with E-state index in [0.717, 1.165) is 13.2 Å². The van der Waals surface area contributed by atoms with Crippen LogP contribution in [-0.2, 0) is 4.74 Å². The Morgan fingerprint density at radius 1 is 1.27 bits per heavy atom. The minimum Gasteiger partial charge on any atom is -0.384 e. The molecular formula is C13H27NO. The first-order valence-electron chi connectivity index (χ1n) is 6.36. The fourth-order valence-electron chi connectivity index (χ4n) is 2.55. The molecule has 1 unspecified atom stereocenters. The van der Waals surface area contributed by atoms with Crippen LogP contribution in [0.2, 0.25) is 0 Å². The Bertz CT molecular complexity index is 164. The molecule has 1 aliphatic carbocycles. The van der Waals surface area contributed by atoms with Crippen molar-refractivity contribution in [3.8, 4) is 0 Å². The van der Waals surface area contributed by atoms with E-state index in [-0.39, 0.29) is 0 Å². The maximum absolute atomic E-state index is 5.13. The molecule has 2 heteroatoms. The van der Waals surface area contributed by atoms with Crippen LogP contribution in [0.3, 0.4) is 0 Å². The third-order valence-electron chi connectivity index (χ3n) is 3.56. The Hall–Kier alpha value is -0.0800. The Morgan fingerprint density at radius 3 is 2.53 bits per heavy atom. The fourth-order valence-corrected chi connectivity index (χ4v) is 2.55. The highest BCUT2D eigenvalue weighted by atomic mass is 16.5. The first-order valence-corrected chi connectivity index (χ1v) is 6.36. The number of rotatable bonds is 6. The van der Waals surface area contributed by atoms with Crippen molar-refractivity contribution < 1.29 is 4.74 Å². The molecule has 0 radical (unpaired) electrons. The summed E-state index contributed by atoms with van der Waals surface area (Å²) in [5, 5.41) is 3.60. The second-order valence-electron chi connectivity index (χ2n) is 5.56. The molecule has 1 fully saturated rings. The molecule has 0 amide bonds. The molecule has 0 bridgehead atoms. The van der Waals surface area contributed by atoms with Gasteiger partial charge in [-0.3, -0.25) is 0 Å². The van der Waals surface area contributed by atoms with Gasteiger partial charge in [-0.2, -0.15) is 0 Å². The predicted octanol–water partition coefficient (Wildman–Crippen LogP) is 2.83. The topological polar surface area (TPSA) is 21.3 Å². The smallest absolute Gasteiger partial charge is 0.0499 e. The zero-order chi connectivity index (χ0) is 11.1. The average molecular weight is 213 g/mol. The van der Waals surface area contributed by atoms with Crippen molar-refractivity contribution in [3.05, 3.63) is 0 Å². The first-order chi connectivity index (χ1) is 7.16. The van der Waals surface area contributed by atoms with Crippen LogP contribution in [0.25, 0.3) is 0 Å². The Labute approximate surface area is 94.8 Å². The molecule has 0 aliphatic heterocycles. The van der Waals surface area contributed by atoms with Gasteiger partial charge in [0.25, 0.3) is 0 Å². The zero-order valence-corrected chi connectivity index (χ0v) is 10.6. The molecule has 90 valence electrons. The Morgan fingerprint density at radius 2 is 1.93 bits per heavy atom. The van der Waals surface area contributed by atoms with Crippen molar-refractivity contribution in [2.75, 3.05) is 26.8 Å². The van der Waals surface area contributed by atoms with Crippen molar-refractivity contribution in [3.63, 3.8) is 0 Å². The van der Waals surface area contributed by atoms with Crippen LogP contribution in [0.15, 0.2) is 0 Å². The van der Waals surface area contributed by atoms with Crippen LogP contribution >= 0.6 is 0 Å². The van der Waals surface area contributed by atoms with Gasteiger partial charge in [0.1, 0.15) is 0 Å². The lowest BCUT2D eigenvalue weighted by Crippen LogP contribution is -2.36. The van der Waals surface area contributed by atoms with Gasteiger partial charge in [0, 0.05) is 20.3 Å². The van der Waals surface area contributed by atoms with Gasteiger partial charge < -0.3 is 10.1 Å². The summed E-state index contributed by atoms with van der Waals surface area (Å²) in [6.45, 7) is 7.80. The quantitative estimate of drug-likeness (QED) is 0.732. The molecule has 1 N–H and O–H groups in total. The van der Waals surface area contributed by atoms with E-state index < -0.39 is 0 Å². The molecule has 0 aromatic rings. The molecule has 15 heavy (non-hydrogen) atoms. The van der Waals surface area contributed by atoms with E-state index >= 15 is 0 Å². The maximum Gasteiger partial charge on any atom is 0.0499 e. The summed E-state index contributed by atoms with van der Waals surface area (Å²) in [4.78, 5) is 0. The lowest BCUT2D eigenvalue weighted by molar-refractivity contribution is 0.151. The molecule has 1 aliphatic rings. The number of nitrogens with one attached hydrogen (secondary N) is 1. The van der Waals surface area contributed by atoms with E-state index in [4.69, 9.17) is 4.74 Å².